The lowest BCUT2D eigenvalue weighted by Gasteiger charge is -2.24. The third-order valence-corrected chi connectivity index (χ3v) is 4.13. The highest BCUT2D eigenvalue weighted by Crippen LogP contribution is 2.37. The molecule has 4 rings (SSSR count). The second kappa shape index (κ2) is 5.85. The standard InChI is InChI=1S/C18H19N3O2/c1-22-14-10-8-13(9-11-14)21-18-15-5-2-3-7-17(15)23-12-4-6-16(18)19-20-21/h2-3,5,7-11,19-20H,4,6,12H2,1H3. The third-order valence-electron chi connectivity index (χ3n) is 4.13. The monoisotopic (exact) mass is 309 g/mol. The molecule has 118 valence electrons. The maximum absolute atomic E-state index is 5.92. The highest BCUT2D eigenvalue weighted by atomic mass is 16.5. The van der Waals surface area contributed by atoms with Gasteiger partial charge in [0.25, 0.3) is 0 Å². The lowest BCUT2D eigenvalue weighted by Crippen LogP contribution is -2.37. The summed E-state index contributed by atoms with van der Waals surface area (Å²) in [5.74, 6) is 1.76. The Bertz CT molecular complexity index is 740. The topological polar surface area (TPSA) is 45.8 Å². The Morgan fingerprint density at radius 2 is 1.91 bits per heavy atom. The normalized spacial score (nSPS) is 16.7. The summed E-state index contributed by atoms with van der Waals surface area (Å²) < 4.78 is 11.2. The van der Waals surface area contributed by atoms with Crippen LogP contribution in [0.2, 0.25) is 0 Å². The van der Waals surface area contributed by atoms with Crippen LogP contribution in [0.3, 0.4) is 0 Å². The molecule has 0 aliphatic carbocycles. The predicted molar refractivity (Wildman–Crippen MR) is 89.8 cm³/mol. The largest absolute Gasteiger partial charge is 0.497 e. The summed E-state index contributed by atoms with van der Waals surface area (Å²) in [5, 5.41) is 2.06. The number of methoxy groups -OCH3 is 1. The Morgan fingerprint density at radius 3 is 2.74 bits per heavy atom. The van der Waals surface area contributed by atoms with Crippen molar-refractivity contribution >= 4 is 11.4 Å². The summed E-state index contributed by atoms with van der Waals surface area (Å²) in [4.78, 5) is 0. The maximum atomic E-state index is 5.92. The van der Waals surface area contributed by atoms with E-state index in [9.17, 15) is 0 Å². The van der Waals surface area contributed by atoms with Gasteiger partial charge in [0.2, 0.25) is 0 Å². The first-order valence-electron chi connectivity index (χ1n) is 7.78. The van der Waals surface area contributed by atoms with Gasteiger partial charge in [-0.25, -0.2) is 0 Å². The number of rotatable bonds is 2. The minimum absolute atomic E-state index is 0.734. The number of nitrogens with zero attached hydrogens (tertiary/aromatic N) is 1. The average Bonchev–Trinajstić information content (AvgIpc) is 3.00. The van der Waals surface area contributed by atoms with E-state index < -0.39 is 0 Å². The molecule has 0 saturated heterocycles. The molecule has 2 aromatic rings. The summed E-state index contributed by atoms with van der Waals surface area (Å²) in [6.45, 7) is 0.734. The van der Waals surface area contributed by atoms with E-state index in [-0.39, 0.29) is 0 Å². The summed E-state index contributed by atoms with van der Waals surface area (Å²) >= 11 is 0. The lowest BCUT2D eigenvalue weighted by atomic mass is 10.0. The Morgan fingerprint density at radius 1 is 1.09 bits per heavy atom. The van der Waals surface area contributed by atoms with Crippen molar-refractivity contribution in [1.82, 2.24) is 11.0 Å². The minimum atomic E-state index is 0.734. The number of benzene rings is 2. The number of allylic oxidation sites excluding steroid dienone is 1. The molecule has 2 aliphatic rings. The summed E-state index contributed by atoms with van der Waals surface area (Å²) in [6.07, 6.45) is 1.93. The Balaban J connectivity index is 1.78. The maximum Gasteiger partial charge on any atom is 0.128 e. The number of hydrogen-bond donors (Lipinski definition) is 2. The van der Waals surface area contributed by atoms with Gasteiger partial charge in [-0.1, -0.05) is 12.1 Å². The molecule has 5 nitrogen and oxygen atoms in total. The van der Waals surface area contributed by atoms with Gasteiger partial charge < -0.3 is 14.9 Å². The van der Waals surface area contributed by atoms with E-state index in [2.05, 4.69) is 22.0 Å². The third kappa shape index (κ3) is 2.49. The molecule has 0 spiro atoms. The lowest BCUT2D eigenvalue weighted by molar-refractivity contribution is 0.307. The fourth-order valence-electron chi connectivity index (χ4n) is 2.98. The number of anilines is 1. The Kier molecular flexibility index (Phi) is 3.55. The Labute approximate surface area is 135 Å². The van der Waals surface area contributed by atoms with Gasteiger partial charge in [-0.2, -0.15) is 0 Å². The van der Waals surface area contributed by atoms with Crippen LogP contribution >= 0.6 is 0 Å². The van der Waals surface area contributed by atoms with Crippen LogP contribution in [0.25, 0.3) is 5.70 Å². The molecule has 0 fully saturated rings. The quantitative estimate of drug-likeness (QED) is 0.893. The van der Waals surface area contributed by atoms with Crippen LogP contribution in [-0.2, 0) is 0 Å². The van der Waals surface area contributed by atoms with E-state index in [4.69, 9.17) is 9.47 Å². The molecule has 2 N–H and O–H groups in total. The van der Waals surface area contributed by atoms with Gasteiger partial charge in [-0.15, -0.1) is 5.53 Å². The SMILES string of the molecule is COc1ccc(N2NNC3=C2c2ccccc2OCCC3)cc1. The molecule has 23 heavy (non-hydrogen) atoms. The van der Waals surface area contributed by atoms with Crippen LogP contribution in [-0.4, -0.2) is 13.7 Å². The average molecular weight is 309 g/mol. The van der Waals surface area contributed by atoms with E-state index in [1.807, 2.05) is 42.5 Å². The molecule has 0 radical (unpaired) electrons. The smallest absolute Gasteiger partial charge is 0.128 e. The van der Waals surface area contributed by atoms with Gasteiger partial charge >= 0.3 is 0 Å². The van der Waals surface area contributed by atoms with E-state index >= 15 is 0 Å². The van der Waals surface area contributed by atoms with Crippen molar-refractivity contribution < 1.29 is 9.47 Å². The van der Waals surface area contributed by atoms with Gasteiger partial charge in [-0.3, -0.25) is 5.01 Å². The van der Waals surface area contributed by atoms with Gasteiger partial charge in [-0.05, 0) is 49.2 Å². The van der Waals surface area contributed by atoms with Crippen molar-refractivity contribution in [3.63, 3.8) is 0 Å². The number of hydrogen-bond acceptors (Lipinski definition) is 5. The molecule has 0 aromatic heterocycles. The first kappa shape index (κ1) is 14.0. The second-order valence-corrected chi connectivity index (χ2v) is 5.55. The number of nitrogens with one attached hydrogen (secondary N) is 2. The molecule has 2 heterocycles. The number of para-hydroxylation sites is 1. The molecule has 0 atom stereocenters. The second-order valence-electron chi connectivity index (χ2n) is 5.55. The fourth-order valence-corrected chi connectivity index (χ4v) is 2.98. The van der Waals surface area contributed by atoms with Gasteiger partial charge in [0, 0.05) is 5.56 Å². The van der Waals surface area contributed by atoms with E-state index in [0.29, 0.717) is 0 Å². The highest BCUT2D eigenvalue weighted by molar-refractivity contribution is 5.84. The van der Waals surface area contributed by atoms with E-state index in [0.717, 1.165) is 47.9 Å². The van der Waals surface area contributed by atoms with Crippen molar-refractivity contribution in [2.75, 3.05) is 18.7 Å². The molecule has 0 saturated carbocycles. The molecule has 2 aliphatic heterocycles. The van der Waals surface area contributed by atoms with Gasteiger partial charge in [0.15, 0.2) is 0 Å². The molecule has 0 unspecified atom stereocenters. The number of hydrazine groups is 2. The van der Waals surface area contributed by atoms with Crippen LogP contribution in [0.4, 0.5) is 5.69 Å². The molecule has 5 heteroatoms. The van der Waals surface area contributed by atoms with Crippen LogP contribution in [0.5, 0.6) is 11.5 Å². The molecule has 0 bridgehead atoms. The van der Waals surface area contributed by atoms with Crippen LogP contribution < -0.4 is 25.4 Å². The number of ether oxygens (including phenoxy) is 2. The van der Waals surface area contributed by atoms with Crippen molar-refractivity contribution in [1.29, 1.82) is 0 Å². The zero-order chi connectivity index (χ0) is 15.6. The molecule has 0 amide bonds. The summed E-state index contributed by atoms with van der Waals surface area (Å²) in [6, 6.07) is 16.2. The summed E-state index contributed by atoms with van der Waals surface area (Å²) in [7, 11) is 1.67. The van der Waals surface area contributed by atoms with Crippen LogP contribution in [0, 0.1) is 0 Å². The molecular formula is C18H19N3O2. The van der Waals surface area contributed by atoms with Crippen LogP contribution in [0.1, 0.15) is 18.4 Å². The minimum Gasteiger partial charge on any atom is -0.497 e. The zero-order valence-electron chi connectivity index (χ0n) is 13.0. The molecular weight excluding hydrogens is 290 g/mol. The van der Waals surface area contributed by atoms with Crippen LogP contribution in [0.15, 0.2) is 54.2 Å². The fraction of sp³-hybridized carbons (Fsp3) is 0.222. The Hall–Kier alpha value is -2.66. The zero-order valence-corrected chi connectivity index (χ0v) is 13.0. The van der Waals surface area contributed by atoms with Gasteiger partial charge in [0.05, 0.1) is 30.8 Å². The van der Waals surface area contributed by atoms with Crippen molar-refractivity contribution in [3.8, 4) is 11.5 Å². The predicted octanol–water partition coefficient (Wildman–Crippen LogP) is 3.07. The molecule has 2 aromatic carbocycles. The van der Waals surface area contributed by atoms with E-state index in [1.54, 1.807) is 7.11 Å². The first-order chi connectivity index (χ1) is 11.4. The highest BCUT2D eigenvalue weighted by Gasteiger charge is 2.28. The van der Waals surface area contributed by atoms with E-state index in [1.165, 1.54) is 5.70 Å². The van der Waals surface area contributed by atoms with Gasteiger partial charge in [0.1, 0.15) is 11.5 Å². The summed E-state index contributed by atoms with van der Waals surface area (Å²) in [5.41, 5.74) is 11.0. The first-order valence-corrected chi connectivity index (χ1v) is 7.78. The van der Waals surface area contributed by atoms with Crippen molar-refractivity contribution in [2.45, 2.75) is 12.8 Å². The van der Waals surface area contributed by atoms with Crippen molar-refractivity contribution in [2.24, 2.45) is 0 Å². The number of fused-ring (bicyclic) bond motifs is 2. The van der Waals surface area contributed by atoms with Crippen molar-refractivity contribution in [3.05, 3.63) is 59.8 Å².